The maximum Gasteiger partial charge on any atom is 1.00 e. The minimum absolute atomic E-state index is 0. The second kappa shape index (κ2) is 6.49. The maximum absolute atomic E-state index is 10.9. The summed E-state index contributed by atoms with van der Waals surface area (Å²) in [6.45, 7) is 3.96. The van der Waals surface area contributed by atoms with Gasteiger partial charge in [-0.25, -0.2) is 8.42 Å². The van der Waals surface area contributed by atoms with Crippen LogP contribution in [0.15, 0.2) is 29.2 Å². The monoisotopic (exact) mass is 252 g/mol. The van der Waals surface area contributed by atoms with E-state index < -0.39 is 10.1 Å². The van der Waals surface area contributed by atoms with Gasteiger partial charge in [0.15, 0.2) is 0 Å². The zero-order valence-electron chi connectivity index (χ0n) is 9.23. The van der Waals surface area contributed by atoms with E-state index in [2.05, 4.69) is 0 Å². The summed E-state index contributed by atoms with van der Waals surface area (Å²) in [5.74, 6) is 0.331. The van der Waals surface area contributed by atoms with Gasteiger partial charge >= 0.3 is 51.4 Å². The van der Waals surface area contributed by atoms with Crippen LogP contribution in [-0.4, -0.2) is 13.0 Å². The van der Waals surface area contributed by atoms with Gasteiger partial charge in [0.25, 0.3) is 0 Å². The Hall–Kier alpha value is 0.766. The van der Waals surface area contributed by atoms with Gasteiger partial charge in [0, 0.05) is 0 Å². The summed E-state index contributed by atoms with van der Waals surface area (Å²) < 4.78 is 32.6. The summed E-state index contributed by atoms with van der Waals surface area (Å²) in [6, 6.07) is 6.35. The van der Waals surface area contributed by atoms with Crippen LogP contribution in [0.2, 0.25) is 0 Å². The number of hydrogen-bond acceptors (Lipinski definition) is 3. The van der Waals surface area contributed by atoms with Crippen LogP contribution in [0.25, 0.3) is 0 Å². The van der Waals surface area contributed by atoms with Gasteiger partial charge in [0.05, 0.1) is 4.90 Å². The smallest absolute Gasteiger partial charge is 0.744 e. The van der Waals surface area contributed by atoms with Crippen LogP contribution >= 0.6 is 0 Å². The fourth-order valence-electron chi connectivity index (χ4n) is 1.36. The molecule has 15 heavy (non-hydrogen) atoms. The first-order valence-electron chi connectivity index (χ1n) is 4.45. The van der Waals surface area contributed by atoms with Crippen LogP contribution in [0, 0.1) is 5.92 Å². The molecule has 0 bridgehead atoms. The standard InChI is InChI=1S/C10H14O3S.K/c1-8(2)7-9-5-3-4-6-10(9)14(11,12)13;/h3-6,8H,7H2,1-2H3,(H,11,12,13);/q;+1/p-1. The molecule has 0 saturated carbocycles. The van der Waals surface area contributed by atoms with Gasteiger partial charge in [-0.2, -0.15) is 0 Å². The van der Waals surface area contributed by atoms with Gasteiger partial charge in [0.1, 0.15) is 10.1 Å². The topological polar surface area (TPSA) is 57.2 Å². The van der Waals surface area contributed by atoms with Crippen molar-refractivity contribution in [2.45, 2.75) is 25.2 Å². The Morgan fingerprint density at radius 1 is 1.27 bits per heavy atom. The van der Waals surface area contributed by atoms with E-state index in [4.69, 9.17) is 0 Å². The first-order chi connectivity index (χ1) is 6.41. The Labute approximate surface area is 133 Å². The van der Waals surface area contributed by atoms with Crippen LogP contribution in [-0.2, 0) is 16.5 Å². The second-order valence-electron chi connectivity index (χ2n) is 3.66. The molecule has 0 radical (unpaired) electrons. The van der Waals surface area contributed by atoms with E-state index in [9.17, 15) is 13.0 Å². The quantitative estimate of drug-likeness (QED) is 0.501. The van der Waals surface area contributed by atoms with Crippen molar-refractivity contribution in [3.05, 3.63) is 29.8 Å². The van der Waals surface area contributed by atoms with Crippen molar-refractivity contribution in [2.24, 2.45) is 5.92 Å². The molecule has 0 aliphatic carbocycles. The van der Waals surface area contributed by atoms with Crippen LogP contribution in [0.3, 0.4) is 0 Å². The average molecular weight is 252 g/mol. The Kier molecular flexibility index (Phi) is 6.82. The molecule has 0 fully saturated rings. The maximum atomic E-state index is 10.9. The SMILES string of the molecule is CC(C)Cc1ccccc1S(=O)(=O)[O-].[K+]. The fraction of sp³-hybridized carbons (Fsp3) is 0.400. The molecule has 0 heterocycles. The van der Waals surface area contributed by atoms with Crippen LogP contribution in [0.5, 0.6) is 0 Å². The molecule has 3 nitrogen and oxygen atoms in total. The molecule has 0 spiro atoms. The van der Waals surface area contributed by atoms with Crippen molar-refractivity contribution >= 4 is 10.1 Å². The van der Waals surface area contributed by atoms with E-state index in [1.54, 1.807) is 18.2 Å². The molecule has 0 aliphatic rings. The van der Waals surface area contributed by atoms with Crippen molar-refractivity contribution in [1.29, 1.82) is 0 Å². The minimum atomic E-state index is -4.33. The van der Waals surface area contributed by atoms with E-state index in [1.807, 2.05) is 13.8 Å². The Morgan fingerprint density at radius 2 is 1.80 bits per heavy atom. The Morgan fingerprint density at radius 3 is 2.27 bits per heavy atom. The second-order valence-corrected chi connectivity index (χ2v) is 5.01. The molecule has 1 aromatic carbocycles. The molecule has 5 heteroatoms. The van der Waals surface area contributed by atoms with Gasteiger partial charge in [-0.3, -0.25) is 0 Å². The van der Waals surface area contributed by atoms with E-state index in [-0.39, 0.29) is 56.3 Å². The first kappa shape index (κ1) is 15.8. The van der Waals surface area contributed by atoms with Crippen molar-refractivity contribution in [2.75, 3.05) is 0 Å². The number of benzene rings is 1. The molecular weight excluding hydrogens is 239 g/mol. The van der Waals surface area contributed by atoms with Crippen LogP contribution in [0.4, 0.5) is 0 Å². The summed E-state index contributed by atoms with van der Waals surface area (Å²) in [6.07, 6.45) is 0.609. The predicted molar refractivity (Wildman–Crippen MR) is 52.9 cm³/mol. The van der Waals surface area contributed by atoms with Crippen molar-refractivity contribution < 1.29 is 64.4 Å². The van der Waals surface area contributed by atoms with Gasteiger partial charge in [-0.1, -0.05) is 32.0 Å². The summed E-state index contributed by atoms with van der Waals surface area (Å²) in [4.78, 5) is -0.0892. The first-order valence-corrected chi connectivity index (χ1v) is 5.86. The van der Waals surface area contributed by atoms with Crippen LogP contribution in [0.1, 0.15) is 19.4 Å². The molecule has 0 atom stereocenters. The number of rotatable bonds is 3. The summed E-state index contributed by atoms with van der Waals surface area (Å²) in [5.41, 5.74) is 0.609. The van der Waals surface area contributed by atoms with E-state index >= 15 is 0 Å². The van der Waals surface area contributed by atoms with E-state index in [0.29, 0.717) is 17.9 Å². The molecule has 1 aromatic rings. The third kappa shape index (κ3) is 5.08. The van der Waals surface area contributed by atoms with Gasteiger partial charge in [0.2, 0.25) is 0 Å². The van der Waals surface area contributed by atoms with E-state index in [0.717, 1.165) is 0 Å². The van der Waals surface area contributed by atoms with Crippen molar-refractivity contribution in [3.63, 3.8) is 0 Å². The predicted octanol–water partition coefficient (Wildman–Crippen LogP) is -1.21. The largest absolute Gasteiger partial charge is 1.00 e. The Balaban J connectivity index is 0.00000196. The van der Waals surface area contributed by atoms with Crippen LogP contribution < -0.4 is 51.4 Å². The summed E-state index contributed by atoms with van der Waals surface area (Å²) in [7, 11) is -4.33. The fourth-order valence-corrected chi connectivity index (χ4v) is 2.07. The van der Waals surface area contributed by atoms with Gasteiger partial charge < -0.3 is 4.55 Å². The zero-order chi connectivity index (χ0) is 10.8. The molecule has 1 rings (SSSR count). The summed E-state index contributed by atoms with van der Waals surface area (Å²) >= 11 is 0. The molecule has 0 N–H and O–H groups in total. The van der Waals surface area contributed by atoms with Crippen molar-refractivity contribution in [3.8, 4) is 0 Å². The normalized spacial score (nSPS) is 11.2. The Bertz CT molecular complexity index is 412. The average Bonchev–Trinajstić information content (AvgIpc) is 2.01. The molecule has 0 saturated heterocycles. The van der Waals surface area contributed by atoms with Crippen molar-refractivity contribution in [1.82, 2.24) is 0 Å². The third-order valence-corrected chi connectivity index (χ3v) is 2.81. The molecule has 78 valence electrons. The minimum Gasteiger partial charge on any atom is -0.744 e. The number of hydrogen-bond donors (Lipinski definition) is 0. The van der Waals surface area contributed by atoms with Gasteiger partial charge in [-0.15, -0.1) is 0 Å². The summed E-state index contributed by atoms with van der Waals surface area (Å²) in [5, 5.41) is 0. The van der Waals surface area contributed by atoms with E-state index in [1.165, 1.54) is 6.07 Å². The third-order valence-electron chi connectivity index (χ3n) is 1.87. The van der Waals surface area contributed by atoms with Gasteiger partial charge in [-0.05, 0) is 24.0 Å². The molecule has 0 amide bonds. The molecule has 0 aromatic heterocycles. The molecule has 0 unspecified atom stereocenters. The molecule has 0 aliphatic heterocycles. The zero-order valence-corrected chi connectivity index (χ0v) is 13.2. The molecular formula is C10H13KO3S.